The molecule has 1 atom stereocenters. The molecule has 1 N–H and O–H groups in total. The van der Waals surface area contributed by atoms with E-state index in [1.54, 1.807) is 6.92 Å². The molecule has 0 rings (SSSR count). The molecule has 4 nitrogen and oxygen atoms in total. The van der Waals surface area contributed by atoms with E-state index in [0.29, 0.717) is 13.0 Å². The zero-order valence-electron chi connectivity index (χ0n) is 11.2. The second-order valence-corrected chi connectivity index (χ2v) is 5.19. The van der Waals surface area contributed by atoms with E-state index in [1.807, 2.05) is 39.8 Å². The maximum absolute atomic E-state index is 11.8. The van der Waals surface area contributed by atoms with Gasteiger partial charge in [0.15, 0.2) is 0 Å². The third-order valence-corrected chi connectivity index (χ3v) is 3.35. The maximum atomic E-state index is 11.8. The topological polar surface area (TPSA) is 56.1 Å². The van der Waals surface area contributed by atoms with Crippen LogP contribution in [0, 0.1) is 16.7 Å². The monoisotopic (exact) mass is 225 g/mol. The van der Waals surface area contributed by atoms with Crippen molar-refractivity contribution in [3.05, 3.63) is 0 Å². The molecule has 4 heteroatoms. The van der Waals surface area contributed by atoms with Gasteiger partial charge in [-0.3, -0.25) is 4.79 Å². The number of nitriles is 1. The molecule has 1 unspecified atom stereocenters. The summed E-state index contributed by atoms with van der Waals surface area (Å²) in [5.74, 6) is -0.188. The van der Waals surface area contributed by atoms with E-state index >= 15 is 0 Å². The minimum absolute atomic E-state index is 0.111. The van der Waals surface area contributed by atoms with Crippen molar-refractivity contribution in [2.45, 2.75) is 39.7 Å². The molecular weight excluding hydrogens is 202 g/mol. The zero-order chi connectivity index (χ0) is 13.0. The summed E-state index contributed by atoms with van der Waals surface area (Å²) in [4.78, 5) is 13.9. The van der Waals surface area contributed by atoms with Crippen LogP contribution in [0.4, 0.5) is 0 Å². The number of carbonyl (C=O) groups is 1. The number of carbonyl (C=O) groups excluding carboxylic acids is 1. The Kier molecular flexibility index (Phi) is 4.95. The van der Waals surface area contributed by atoms with E-state index in [9.17, 15) is 4.79 Å². The van der Waals surface area contributed by atoms with Crippen LogP contribution in [-0.2, 0) is 4.79 Å². The number of likely N-dealkylation sites (N-methyl/N-ethyl adjacent to an activating group) is 1. The summed E-state index contributed by atoms with van der Waals surface area (Å²) in [6.07, 6.45) is 0.526. The Morgan fingerprint density at radius 3 is 2.19 bits per heavy atom. The van der Waals surface area contributed by atoms with Crippen molar-refractivity contribution < 1.29 is 4.79 Å². The summed E-state index contributed by atoms with van der Waals surface area (Å²) in [6, 6.07) is 2.07. The standard InChI is InChI=1S/C12H23N3O/c1-7-12(4,8-13)10(16)14-9-11(2,3)15(5)6/h7,9H2,1-6H3,(H,14,16). The van der Waals surface area contributed by atoms with Crippen LogP contribution in [0.15, 0.2) is 0 Å². The lowest BCUT2D eigenvalue weighted by Gasteiger charge is -2.33. The van der Waals surface area contributed by atoms with Crippen LogP contribution in [0.2, 0.25) is 0 Å². The molecule has 0 saturated carbocycles. The Labute approximate surface area is 98.6 Å². The van der Waals surface area contributed by atoms with E-state index in [-0.39, 0.29) is 11.4 Å². The zero-order valence-corrected chi connectivity index (χ0v) is 11.2. The smallest absolute Gasteiger partial charge is 0.240 e. The number of amides is 1. The summed E-state index contributed by atoms with van der Waals surface area (Å²) in [5.41, 5.74) is -1.03. The Morgan fingerprint density at radius 1 is 1.38 bits per heavy atom. The molecule has 0 aliphatic carbocycles. The van der Waals surface area contributed by atoms with Crippen LogP contribution in [0.25, 0.3) is 0 Å². The summed E-state index contributed by atoms with van der Waals surface area (Å²) in [5, 5.41) is 11.8. The molecule has 1 amide bonds. The molecule has 16 heavy (non-hydrogen) atoms. The first kappa shape index (κ1) is 14.9. The fourth-order valence-electron chi connectivity index (χ4n) is 0.940. The molecule has 0 saturated heterocycles. The Morgan fingerprint density at radius 2 is 1.88 bits per heavy atom. The first-order chi connectivity index (χ1) is 7.19. The van der Waals surface area contributed by atoms with Gasteiger partial charge in [-0.2, -0.15) is 5.26 Å². The van der Waals surface area contributed by atoms with Gasteiger partial charge in [0.05, 0.1) is 6.07 Å². The maximum Gasteiger partial charge on any atom is 0.240 e. The molecular formula is C12H23N3O. The molecule has 0 fully saturated rings. The lowest BCUT2D eigenvalue weighted by molar-refractivity contribution is -0.128. The number of hydrogen-bond acceptors (Lipinski definition) is 3. The SMILES string of the molecule is CCC(C)(C#N)C(=O)NCC(C)(C)N(C)C. The van der Waals surface area contributed by atoms with Gasteiger partial charge in [-0.1, -0.05) is 6.92 Å². The van der Waals surface area contributed by atoms with Gasteiger partial charge in [0, 0.05) is 12.1 Å². The highest BCUT2D eigenvalue weighted by Crippen LogP contribution is 2.20. The van der Waals surface area contributed by atoms with Gasteiger partial charge >= 0.3 is 0 Å². The molecule has 0 aromatic heterocycles. The molecule has 0 radical (unpaired) electrons. The Bertz CT molecular complexity index is 291. The van der Waals surface area contributed by atoms with Gasteiger partial charge in [0.1, 0.15) is 5.41 Å². The minimum Gasteiger partial charge on any atom is -0.353 e. The van der Waals surface area contributed by atoms with Crippen molar-refractivity contribution in [3.63, 3.8) is 0 Å². The van der Waals surface area contributed by atoms with Crippen LogP contribution in [0.3, 0.4) is 0 Å². The van der Waals surface area contributed by atoms with Crippen LogP contribution >= 0.6 is 0 Å². The lowest BCUT2D eigenvalue weighted by Crippen LogP contribution is -2.50. The van der Waals surface area contributed by atoms with Crippen molar-refractivity contribution in [1.82, 2.24) is 10.2 Å². The molecule has 0 aliphatic heterocycles. The Hall–Kier alpha value is -1.08. The molecule has 92 valence electrons. The van der Waals surface area contributed by atoms with Crippen LogP contribution in [0.5, 0.6) is 0 Å². The van der Waals surface area contributed by atoms with E-state index in [4.69, 9.17) is 5.26 Å². The number of rotatable bonds is 5. The number of hydrogen-bond donors (Lipinski definition) is 1. The van der Waals surface area contributed by atoms with Crippen LogP contribution in [0.1, 0.15) is 34.1 Å². The van der Waals surface area contributed by atoms with Crippen molar-refractivity contribution >= 4 is 5.91 Å². The third kappa shape index (κ3) is 3.49. The quantitative estimate of drug-likeness (QED) is 0.769. The fourth-order valence-corrected chi connectivity index (χ4v) is 0.940. The van der Waals surface area contributed by atoms with E-state index < -0.39 is 5.41 Å². The van der Waals surface area contributed by atoms with E-state index in [2.05, 4.69) is 11.4 Å². The second-order valence-electron chi connectivity index (χ2n) is 5.19. The summed E-state index contributed by atoms with van der Waals surface area (Å²) in [7, 11) is 3.94. The first-order valence-corrected chi connectivity index (χ1v) is 5.56. The number of nitrogens with zero attached hydrogens (tertiary/aromatic N) is 2. The van der Waals surface area contributed by atoms with Gasteiger partial charge in [0.25, 0.3) is 0 Å². The van der Waals surface area contributed by atoms with Gasteiger partial charge in [0.2, 0.25) is 5.91 Å². The van der Waals surface area contributed by atoms with Gasteiger partial charge in [-0.05, 0) is 41.3 Å². The highest BCUT2D eigenvalue weighted by molar-refractivity contribution is 5.84. The molecule has 0 aromatic carbocycles. The van der Waals surface area contributed by atoms with Gasteiger partial charge < -0.3 is 10.2 Å². The van der Waals surface area contributed by atoms with E-state index in [0.717, 1.165) is 0 Å². The van der Waals surface area contributed by atoms with Crippen molar-refractivity contribution in [2.75, 3.05) is 20.6 Å². The average Bonchev–Trinajstić information content (AvgIpc) is 2.24. The van der Waals surface area contributed by atoms with Gasteiger partial charge in [-0.15, -0.1) is 0 Å². The largest absolute Gasteiger partial charge is 0.353 e. The highest BCUT2D eigenvalue weighted by Gasteiger charge is 2.32. The second kappa shape index (κ2) is 5.31. The minimum atomic E-state index is -0.914. The fraction of sp³-hybridized carbons (Fsp3) is 0.833. The highest BCUT2D eigenvalue weighted by atomic mass is 16.2. The Balaban J connectivity index is 4.45. The molecule has 0 spiro atoms. The molecule has 0 aromatic rings. The molecule has 0 aliphatic rings. The predicted octanol–water partition coefficient (Wildman–Crippen LogP) is 1.38. The summed E-state index contributed by atoms with van der Waals surface area (Å²) >= 11 is 0. The van der Waals surface area contributed by atoms with Crippen molar-refractivity contribution in [3.8, 4) is 6.07 Å². The average molecular weight is 225 g/mol. The van der Waals surface area contributed by atoms with E-state index in [1.165, 1.54) is 0 Å². The molecule has 0 bridgehead atoms. The number of nitrogens with one attached hydrogen (secondary N) is 1. The van der Waals surface area contributed by atoms with Crippen molar-refractivity contribution in [1.29, 1.82) is 5.26 Å². The van der Waals surface area contributed by atoms with Crippen molar-refractivity contribution in [2.24, 2.45) is 5.41 Å². The third-order valence-electron chi connectivity index (χ3n) is 3.35. The first-order valence-electron chi connectivity index (χ1n) is 5.56. The molecule has 0 heterocycles. The van der Waals surface area contributed by atoms with Crippen LogP contribution < -0.4 is 5.32 Å². The summed E-state index contributed by atoms with van der Waals surface area (Å²) in [6.45, 7) is 8.15. The lowest BCUT2D eigenvalue weighted by atomic mass is 9.88. The normalized spacial score (nSPS) is 15.4. The summed E-state index contributed by atoms with van der Waals surface area (Å²) < 4.78 is 0. The van der Waals surface area contributed by atoms with Gasteiger partial charge in [-0.25, -0.2) is 0 Å². The predicted molar refractivity (Wildman–Crippen MR) is 64.8 cm³/mol. The van der Waals surface area contributed by atoms with Crippen LogP contribution in [-0.4, -0.2) is 37.0 Å².